The van der Waals surface area contributed by atoms with E-state index >= 15 is 0 Å². The summed E-state index contributed by atoms with van der Waals surface area (Å²) < 4.78 is 0. The van der Waals surface area contributed by atoms with Gasteiger partial charge in [0.05, 0.1) is 6.07 Å². The molecule has 1 aliphatic rings. The second-order valence-corrected chi connectivity index (χ2v) is 4.39. The summed E-state index contributed by atoms with van der Waals surface area (Å²) in [6, 6.07) is 12.6. The van der Waals surface area contributed by atoms with Crippen molar-refractivity contribution in [1.29, 1.82) is 5.26 Å². The summed E-state index contributed by atoms with van der Waals surface area (Å²) in [4.78, 5) is 2.21. The lowest BCUT2D eigenvalue weighted by Gasteiger charge is -2.41. The average molecular weight is 215 g/mol. The second kappa shape index (κ2) is 5.11. The van der Waals surface area contributed by atoms with Gasteiger partial charge in [-0.15, -0.1) is 0 Å². The van der Waals surface area contributed by atoms with Crippen LogP contribution >= 0.6 is 0 Å². The number of likely N-dealkylation sites (tertiary alicyclic amines) is 1. The zero-order valence-corrected chi connectivity index (χ0v) is 9.34. The van der Waals surface area contributed by atoms with E-state index in [0.717, 1.165) is 26.1 Å². The smallest absolute Gasteiger partial charge is 0.102 e. The molecule has 2 rings (SSSR count). The second-order valence-electron chi connectivity index (χ2n) is 4.39. The summed E-state index contributed by atoms with van der Waals surface area (Å²) in [5, 5.41) is 9.16. The van der Waals surface area contributed by atoms with E-state index in [1.54, 1.807) is 0 Å². The van der Waals surface area contributed by atoms with Crippen molar-refractivity contribution in [2.24, 2.45) is 11.7 Å². The van der Waals surface area contributed by atoms with E-state index < -0.39 is 0 Å². The molecule has 2 N–H and O–H groups in total. The van der Waals surface area contributed by atoms with E-state index in [0.29, 0.717) is 5.92 Å². The van der Waals surface area contributed by atoms with Gasteiger partial charge in [-0.3, -0.25) is 4.90 Å². The van der Waals surface area contributed by atoms with Crippen molar-refractivity contribution in [1.82, 2.24) is 4.90 Å². The molecule has 1 heterocycles. The van der Waals surface area contributed by atoms with E-state index in [-0.39, 0.29) is 6.04 Å². The van der Waals surface area contributed by atoms with Gasteiger partial charge in [0.2, 0.25) is 0 Å². The van der Waals surface area contributed by atoms with Gasteiger partial charge in [-0.1, -0.05) is 30.3 Å². The first-order valence-corrected chi connectivity index (χ1v) is 5.71. The van der Waals surface area contributed by atoms with E-state index in [1.165, 1.54) is 5.56 Å². The van der Waals surface area contributed by atoms with Crippen molar-refractivity contribution in [2.45, 2.75) is 12.5 Å². The quantitative estimate of drug-likeness (QED) is 0.815. The van der Waals surface area contributed by atoms with Gasteiger partial charge >= 0.3 is 0 Å². The van der Waals surface area contributed by atoms with E-state index in [2.05, 4.69) is 23.1 Å². The number of benzene rings is 1. The third-order valence-corrected chi connectivity index (χ3v) is 3.18. The number of hydrogen-bond acceptors (Lipinski definition) is 3. The van der Waals surface area contributed by atoms with E-state index in [1.807, 2.05) is 18.2 Å². The summed E-state index contributed by atoms with van der Waals surface area (Å²) in [6.45, 7) is 2.68. The van der Waals surface area contributed by atoms with Crippen LogP contribution in [0.5, 0.6) is 0 Å². The molecule has 1 atom stereocenters. The van der Waals surface area contributed by atoms with Gasteiger partial charge in [0.1, 0.15) is 6.04 Å². The van der Waals surface area contributed by atoms with Gasteiger partial charge in [0.25, 0.3) is 0 Å². The highest BCUT2D eigenvalue weighted by Crippen LogP contribution is 2.19. The minimum atomic E-state index is 0.00481. The lowest BCUT2D eigenvalue weighted by atomic mass is 9.95. The fourth-order valence-electron chi connectivity index (χ4n) is 2.11. The number of nitrogens with zero attached hydrogens (tertiary/aromatic N) is 2. The van der Waals surface area contributed by atoms with Crippen LogP contribution in [-0.4, -0.2) is 30.6 Å². The van der Waals surface area contributed by atoms with E-state index in [4.69, 9.17) is 11.0 Å². The molecular weight excluding hydrogens is 198 g/mol. The molecule has 3 heteroatoms. The number of nitrogens with two attached hydrogens (primary N) is 1. The average Bonchev–Trinajstić information content (AvgIpc) is 2.27. The summed E-state index contributed by atoms with van der Waals surface area (Å²) >= 11 is 0. The molecule has 1 aromatic rings. The Morgan fingerprint density at radius 2 is 2.06 bits per heavy atom. The van der Waals surface area contributed by atoms with Crippen LogP contribution in [0, 0.1) is 17.2 Å². The Morgan fingerprint density at radius 3 is 2.62 bits per heavy atom. The maximum atomic E-state index is 9.16. The van der Waals surface area contributed by atoms with Crippen LogP contribution in [0.25, 0.3) is 0 Å². The minimum Gasteiger partial charge on any atom is -0.330 e. The van der Waals surface area contributed by atoms with Crippen LogP contribution in [-0.2, 0) is 6.42 Å². The zero-order chi connectivity index (χ0) is 11.4. The fourth-order valence-corrected chi connectivity index (χ4v) is 2.11. The molecule has 84 valence electrons. The van der Waals surface area contributed by atoms with Crippen molar-refractivity contribution in [3.8, 4) is 6.07 Å². The van der Waals surface area contributed by atoms with Gasteiger partial charge < -0.3 is 5.73 Å². The Hall–Kier alpha value is -1.37. The Balaban J connectivity index is 1.91. The van der Waals surface area contributed by atoms with Gasteiger partial charge in [-0.25, -0.2) is 0 Å². The molecule has 0 unspecified atom stereocenters. The SMILES string of the molecule is N#C[C@H](Cc1ccccc1)N1CC(CN)C1. The van der Waals surface area contributed by atoms with Gasteiger partial charge in [0.15, 0.2) is 0 Å². The molecule has 3 nitrogen and oxygen atoms in total. The van der Waals surface area contributed by atoms with Gasteiger partial charge in [-0.05, 0) is 18.0 Å². The molecule has 1 fully saturated rings. The highest BCUT2D eigenvalue weighted by molar-refractivity contribution is 5.18. The minimum absolute atomic E-state index is 0.00481. The van der Waals surface area contributed by atoms with E-state index in [9.17, 15) is 0 Å². The first-order valence-electron chi connectivity index (χ1n) is 5.71. The fraction of sp³-hybridized carbons (Fsp3) is 0.462. The maximum absolute atomic E-state index is 9.16. The first-order chi connectivity index (χ1) is 7.83. The lowest BCUT2D eigenvalue weighted by Crippen LogP contribution is -2.54. The molecule has 1 saturated heterocycles. The predicted octanol–water partition coefficient (Wildman–Crippen LogP) is 1.01. The largest absolute Gasteiger partial charge is 0.330 e. The third-order valence-electron chi connectivity index (χ3n) is 3.18. The third kappa shape index (κ3) is 2.41. The molecule has 0 saturated carbocycles. The monoisotopic (exact) mass is 215 g/mol. The number of nitriles is 1. The molecule has 1 aliphatic heterocycles. The van der Waals surface area contributed by atoms with Crippen molar-refractivity contribution in [2.75, 3.05) is 19.6 Å². The molecule has 16 heavy (non-hydrogen) atoms. The van der Waals surface area contributed by atoms with Crippen molar-refractivity contribution in [3.05, 3.63) is 35.9 Å². The summed E-state index contributed by atoms with van der Waals surface area (Å²) in [7, 11) is 0. The predicted molar refractivity (Wildman–Crippen MR) is 63.7 cm³/mol. The topological polar surface area (TPSA) is 53.0 Å². The normalized spacial score (nSPS) is 18.8. The van der Waals surface area contributed by atoms with Crippen molar-refractivity contribution < 1.29 is 0 Å². The highest BCUT2D eigenvalue weighted by atomic mass is 15.2. The Labute approximate surface area is 96.5 Å². The molecule has 1 aromatic carbocycles. The van der Waals surface area contributed by atoms with Crippen LogP contribution in [0.3, 0.4) is 0 Å². The zero-order valence-electron chi connectivity index (χ0n) is 9.34. The molecule has 0 radical (unpaired) electrons. The first kappa shape index (κ1) is 11.1. The van der Waals surface area contributed by atoms with Crippen LogP contribution in [0.2, 0.25) is 0 Å². The lowest BCUT2D eigenvalue weighted by molar-refractivity contribution is 0.0800. The van der Waals surface area contributed by atoms with Crippen LogP contribution in [0.4, 0.5) is 0 Å². The molecule has 0 aliphatic carbocycles. The van der Waals surface area contributed by atoms with Gasteiger partial charge in [-0.2, -0.15) is 5.26 Å². The molecule has 0 spiro atoms. The Kier molecular flexibility index (Phi) is 3.55. The van der Waals surface area contributed by atoms with Crippen LogP contribution in [0.15, 0.2) is 30.3 Å². The molecular formula is C13H17N3. The summed E-state index contributed by atoms with van der Waals surface area (Å²) in [5.41, 5.74) is 6.81. The van der Waals surface area contributed by atoms with Crippen LogP contribution < -0.4 is 5.73 Å². The highest BCUT2D eigenvalue weighted by Gasteiger charge is 2.31. The maximum Gasteiger partial charge on any atom is 0.102 e. The molecule has 0 aromatic heterocycles. The Bertz CT molecular complexity index is 363. The van der Waals surface area contributed by atoms with Crippen molar-refractivity contribution >= 4 is 0 Å². The standard InChI is InChI=1S/C13H17N3/c14-7-12-9-16(10-12)13(8-15)6-11-4-2-1-3-5-11/h1-5,12-13H,6-7,9-10,14H2/t13-/m0/s1. The molecule has 0 amide bonds. The van der Waals surface area contributed by atoms with Gasteiger partial charge in [0, 0.05) is 19.5 Å². The molecule has 0 bridgehead atoms. The summed E-state index contributed by atoms with van der Waals surface area (Å²) in [5.74, 6) is 0.589. The number of hydrogen-bond donors (Lipinski definition) is 1. The Morgan fingerprint density at radius 1 is 1.38 bits per heavy atom. The summed E-state index contributed by atoms with van der Waals surface area (Å²) in [6.07, 6.45) is 0.814. The van der Waals surface area contributed by atoms with Crippen molar-refractivity contribution in [3.63, 3.8) is 0 Å². The van der Waals surface area contributed by atoms with Crippen LogP contribution in [0.1, 0.15) is 5.56 Å². The number of rotatable bonds is 4.